The van der Waals surface area contributed by atoms with Crippen LogP contribution in [0.4, 0.5) is 4.39 Å². The molecule has 0 unspecified atom stereocenters. The first-order valence-corrected chi connectivity index (χ1v) is 6.88. The van der Waals surface area contributed by atoms with Crippen molar-refractivity contribution in [3.05, 3.63) is 29.6 Å². The number of ether oxygens (including phenoxy) is 1. The van der Waals surface area contributed by atoms with E-state index in [9.17, 15) is 17.6 Å². The highest BCUT2D eigenvalue weighted by molar-refractivity contribution is 7.89. The summed E-state index contributed by atoms with van der Waals surface area (Å²) in [4.78, 5) is 12.6. The summed E-state index contributed by atoms with van der Waals surface area (Å²) in [6.45, 7) is 0.670. The Kier molecular flexibility index (Phi) is 4.98. The van der Waals surface area contributed by atoms with Crippen LogP contribution in [0.5, 0.6) is 0 Å². The van der Waals surface area contributed by atoms with Crippen LogP contribution in [0, 0.1) is 5.82 Å². The number of sulfonamides is 1. The molecule has 0 saturated heterocycles. The summed E-state index contributed by atoms with van der Waals surface area (Å²) in [6.07, 6.45) is 0. The predicted molar refractivity (Wildman–Crippen MR) is 66.6 cm³/mol. The summed E-state index contributed by atoms with van der Waals surface area (Å²) >= 11 is 0. The standard InChI is InChI=1S/C11H15FN2O4S/c1-14(5-6-18-2)11(15)8-3-4-9(12)10(7-8)19(13,16)17/h3-4,7H,5-6H2,1-2H3,(H2,13,16,17). The van der Waals surface area contributed by atoms with E-state index in [1.165, 1.54) is 25.1 Å². The van der Waals surface area contributed by atoms with E-state index in [2.05, 4.69) is 0 Å². The second-order valence-corrected chi connectivity index (χ2v) is 5.44. The van der Waals surface area contributed by atoms with E-state index in [0.717, 1.165) is 12.1 Å². The average Bonchev–Trinajstić information content (AvgIpc) is 2.34. The second kappa shape index (κ2) is 6.09. The van der Waals surface area contributed by atoms with Gasteiger partial charge in [-0.2, -0.15) is 0 Å². The van der Waals surface area contributed by atoms with Gasteiger partial charge in [-0.3, -0.25) is 4.79 Å². The van der Waals surface area contributed by atoms with E-state index in [-0.39, 0.29) is 5.56 Å². The van der Waals surface area contributed by atoms with Gasteiger partial charge in [0.1, 0.15) is 10.7 Å². The number of nitrogens with two attached hydrogens (primary N) is 1. The first-order chi connectivity index (χ1) is 8.77. The van der Waals surface area contributed by atoms with Crippen molar-refractivity contribution in [1.82, 2.24) is 4.90 Å². The van der Waals surface area contributed by atoms with Gasteiger partial charge in [-0.25, -0.2) is 17.9 Å². The minimum atomic E-state index is -4.20. The molecule has 2 N–H and O–H groups in total. The molecule has 19 heavy (non-hydrogen) atoms. The molecule has 1 aromatic carbocycles. The molecule has 1 rings (SSSR count). The topological polar surface area (TPSA) is 89.7 Å². The molecule has 0 fully saturated rings. The van der Waals surface area contributed by atoms with Crippen LogP contribution >= 0.6 is 0 Å². The Balaban J connectivity index is 3.06. The lowest BCUT2D eigenvalue weighted by atomic mass is 10.2. The number of likely N-dealkylation sites (N-methyl/N-ethyl adjacent to an activating group) is 1. The van der Waals surface area contributed by atoms with Crippen molar-refractivity contribution < 1.29 is 22.3 Å². The number of hydrogen-bond acceptors (Lipinski definition) is 4. The number of primary sulfonamides is 1. The lowest BCUT2D eigenvalue weighted by molar-refractivity contribution is 0.0744. The van der Waals surface area contributed by atoms with Gasteiger partial charge >= 0.3 is 0 Å². The molecule has 106 valence electrons. The van der Waals surface area contributed by atoms with E-state index >= 15 is 0 Å². The van der Waals surface area contributed by atoms with Gasteiger partial charge in [-0.15, -0.1) is 0 Å². The zero-order valence-electron chi connectivity index (χ0n) is 10.6. The number of carbonyl (C=O) groups excluding carboxylic acids is 1. The molecule has 0 bridgehead atoms. The minimum Gasteiger partial charge on any atom is -0.383 e. The van der Waals surface area contributed by atoms with Crippen molar-refractivity contribution in [3.63, 3.8) is 0 Å². The van der Waals surface area contributed by atoms with Crippen LogP contribution in [-0.2, 0) is 14.8 Å². The van der Waals surface area contributed by atoms with Crippen LogP contribution in [0.1, 0.15) is 10.4 Å². The Hall–Kier alpha value is -1.51. The Morgan fingerprint density at radius 1 is 1.47 bits per heavy atom. The average molecular weight is 290 g/mol. The van der Waals surface area contributed by atoms with Gasteiger partial charge in [0.15, 0.2) is 0 Å². The zero-order valence-corrected chi connectivity index (χ0v) is 11.4. The highest BCUT2D eigenvalue weighted by Crippen LogP contribution is 2.16. The van der Waals surface area contributed by atoms with Crippen LogP contribution in [0.15, 0.2) is 23.1 Å². The molecule has 0 heterocycles. The summed E-state index contributed by atoms with van der Waals surface area (Å²) < 4.78 is 40.5. The molecular formula is C11H15FN2O4S. The molecule has 1 aromatic rings. The van der Waals surface area contributed by atoms with Crippen LogP contribution in [-0.4, -0.2) is 46.5 Å². The third-order valence-electron chi connectivity index (χ3n) is 2.46. The van der Waals surface area contributed by atoms with Crippen molar-refractivity contribution in [1.29, 1.82) is 0 Å². The second-order valence-electron chi connectivity index (χ2n) is 3.91. The third-order valence-corrected chi connectivity index (χ3v) is 3.39. The maximum absolute atomic E-state index is 13.3. The minimum absolute atomic E-state index is 0.0454. The molecule has 0 aromatic heterocycles. The molecule has 0 atom stereocenters. The molecule has 0 spiro atoms. The van der Waals surface area contributed by atoms with E-state index in [0.29, 0.717) is 13.2 Å². The van der Waals surface area contributed by atoms with Crippen molar-refractivity contribution in [2.24, 2.45) is 5.14 Å². The fraction of sp³-hybridized carbons (Fsp3) is 0.364. The largest absolute Gasteiger partial charge is 0.383 e. The Morgan fingerprint density at radius 3 is 2.63 bits per heavy atom. The van der Waals surface area contributed by atoms with E-state index in [4.69, 9.17) is 9.88 Å². The van der Waals surface area contributed by atoms with Gasteiger partial charge < -0.3 is 9.64 Å². The summed E-state index contributed by atoms with van der Waals surface area (Å²) in [5.41, 5.74) is 0.0454. The normalized spacial score (nSPS) is 11.4. The van der Waals surface area contributed by atoms with Crippen molar-refractivity contribution in [3.8, 4) is 0 Å². The number of halogens is 1. The van der Waals surface area contributed by atoms with Gasteiger partial charge in [0.25, 0.3) is 5.91 Å². The number of benzene rings is 1. The van der Waals surface area contributed by atoms with Gasteiger partial charge in [-0.05, 0) is 18.2 Å². The SMILES string of the molecule is COCCN(C)C(=O)c1ccc(F)c(S(N)(=O)=O)c1. The Bertz CT molecular complexity index is 574. The van der Waals surface area contributed by atoms with Crippen molar-refractivity contribution >= 4 is 15.9 Å². The molecular weight excluding hydrogens is 275 g/mol. The summed E-state index contributed by atoms with van der Waals surface area (Å²) in [5, 5.41) is 4.87. The highest BCUT2D eigenvalue weighted by atomic mass is 32.2. The van der Waals surface area contributed by atoms with Gasteiger partial charge in [0.05, 0.1) is 6.61 Å². The fourth-order valence-electron chi connectivity index (χ4n) is 1.40. The summed E-state index contributed by atoms with van der Waals surface area (Å²) in [7, 11) is -1.18. The smallest absolute Gasteiger partial charge is 0.253 e. The molecule has 6 nitrogen and oxygen atoms in total. The van der Waals surface area contributed by atoms with Crippen LogP contribution < -0.4 is 5.14 Å². The Morgan fingerprint density at radius 2 is 2.11 bits per heavy atom. The first-order valence-electron chi connectivity index (χ1n) is 5.34. The van der Waals surface area contributed by atoms with E-state index < -0.39 is 26.6 Å². The zero-order chi connectivity index (χ0) is 14.6. The summed E-state index contributed by atoms with van der Waals surface area (Å²) in [5.74, 6) is -1.43. The highest BCUT2D eigenvalue weighted by Gasteiger charge is 2.19. The molecule has 0 saturated carbocycles. The maximum Gasteiger partial charge on any atom is 0.253 e. The monoisotopic (exact) mass is 290 g/mol. The lowest BCUT2D eigenvalue weighted by Crippen LogP contribution is -2.30. The molecule has 0 aliphatic rings. The molecule has 0 radical (unpaired) electrons. The van der Waals surface area contributed by atoms with Gasteiger partial charge in [-0.1, -0.05) is 0 Å². The van der Waals surface area contributed by atoms with Crippen molar-refractivity contribution in [2.75, 3.05) is 27.3 Å². The number of nitrogens with zero attached hydrogens (tertiary/aromatic N) is 1. The number of hydrogen-bond donors (Lipinski definition) is 1. The molecule has 0 aliphatic carbocycles. The molecule has 1 amide bonds. The number of rotatable bonds is 5. The predicted octanol–water partition coefficient (Wildman–Crippen LogP) is 0.192. The Labute approximate surface area is 111 Å². The molecule has 0 aliphatic heterocycles. The van der Waals surface area contributed by atoms with Crippen LogP contribution in [0.3, 0.4) is 0 Å². The van der Waals surface area contributed by atoms with Crippen molar-refractivity contribution in [2.45, 2.75) is 4.90 Å². The van der Waals surface area contributed by atoms with Crippen LogP contribution in [0.2, 0.25) is 0 Å². The number of carbonyl (C=O) groups is 1. The number of amides is 1. The van der Waals surface area contributed by atoms with E-state index in [1.54, 1.807) is 0 Å². The van der Waals surface area contributed by atoms with E-state index in [1.807, 2.05) is 0 Å². The van der Waals surface area contributed by atoms with Gasteiger partial charge in [0.2, 0.25) is 10.0 Å². The quantitative estimate of drug-likeness (QED) is 0.838. The summed E-state index contributed by atoms with van der Waals surface area (Å²) in [6, 6.07) is 3.03. The number of methoxy groups -OCH3 is 1. The first kappa shape index (κ1) is 15.5. The fourth-order valence-corrected chi connectivity index (χ4v) is 2.04. The van der Waals surface area contributed by atoms with Gasteiger partial charge in [0, 0.05) is 26.3 Å². The maximum atomic E-state index is 13.3. The lowest BCUT2D eigenvalue weighted by Gasteiger charge is -2.17. The third kappa shape index (κ3) is 3.98. The van der Waals surface area contributed by atoms with Crippen LogP contribution in [0.25, 0.3) is 0 Å². The molecule has 8 heteroatoms.